The first-order chi connectivity index (χ1) is 22.5. The first-order valence-electron chi connectivity index (χ1n) is 15.2. The molecule has 0 fully saturated rings. The number of hydrogen-bond acceptors (Lipinski definition) is 6. The molecule has 4 aromatic rings. The van der Waals surface area contributed by atoms with Gasteiger partial charge in [-0.15, -0.1) is 23.1 Å². The highest BCUT2D eigenvalue weighted by molar-refractivity contribution is 8.00. The van der Waals surface area contributed by atoms with Crippen molar-refractivity contribution in [2.24, 2.45) is 11.3 Å². The van der Waals surface area contributed by atoms with Crippen molar-refractivity contribution >= 4 is 69.2 Å². The Morgan fingerprint density at radius 3 is 2.49 bits per heavy atom. The number of fused-ring (bicyclic) bond motifs is 1. The largest absolute Gasteiger partial charge is 0.321 e. The van der Waals surface area contributed by atoms with Crippen LogP contribution in [0, 0.1) is 22.7 Å². The van der Waals surface area contributed by atoms with E-state index in [1.807, 2.05) is 6.07 Å². The molecule has 1 aliphatic rings. The van der Waals surface area contributed by atoms with Crippen LogP contribution in [-0.2, 0) is 22.4 Å². The van der Waals surface area contributed by atoms with Gasteiger partial charge in [-0.1, -0.05) is 74.8 Å². The lowest BCUT2D eigenvalue weighted by Crippen LogP contribution is -2.30. The van der Waals surface area contributed by atoms with Crippen molar-refractivity contribution in [2.45, 2.75) is 44.9 Å². The number of benzene rings is 3. The Hall–Kier alpha value is -4.36. The molecule has 240 valence electrons. The zero-order valence-corrected chi connectivity index (χ0v) is 28.7. The monoisotopic (exact) mass is 682 g/mol. The number of anilines is 2. The lowest BCUT2D eigenvalue weighted by molar-refractivity contribution is -0.114. The SMILES string of the molecule is CC(C)(C)C1CCc2c(sc(NC(=O)CSc3cccc(NC(=O)/C(=C\c4ccccc4Cl)NC(=O)c4ccccc4)c3)c2C#N)C1. The number of amides is 3. The molecule has 3 aromatic carbocycles. The smallest absolute Gasteiger partial charge is 0.272 e. The Balaban J connectivity index is 1.25. The second-order valence-electron chi connectivity index (χ2n) is 12.3. The number of nitrogens with zero attached hydrogens (tertiary/aromatic N) is 1. The number of thiophene rings is 1. The van der Waals surface area contributed by atoms with Gasteiger partial charge in [-0.3, -0.25) is 14.4 Å². The van der Waals surface area contributed by atoms with Crippen LogP contribution in [0.1, 0.15) is 59.1 Å². The van der Waals surface area contributed by atoms with E-state index in [4.69, 9.17) is 11.6 Å². The Labute approximate surface area is 288 Å². The van der Waals surface area contributed by atoms with Gasteiger partial charge in [0.05, 0.1) is 11.3 Å². The van der Waals surface area contributed by atoms with Crippen LogP contribution in [0.3, 0.4) is 0 Å². The predicted octanol–water partition coefficient (Wildman–Crippen LogP) is 8.56. The maximum atomic E-state index is 13.5. The maximum absolute atomic E-state index is 13.5. The molecule has 1 aromatic heterocycles. The van der Waals surface area contributed by atoms with Crippen molar-refractivity contribution in [1.82, 2.24) is 5.32 Å². The minimum Gasteiger partial charge on any atom is -0.321 e. The number of halogens is 1. The topological polar surface area (TPSA) is 111 Å². The molecule has 1 atom stereocenters. The van der Waals surface area contributed by atoms with Gasteiger partial charge in [-0.05, 0) is 84.2 Å². The lowest BCUT2D eigenvalue weighted by Gasteiger charge is -2.33. The second-order valence-corrected chi connectivity index (χ2v) is 14.9. The molecular weight excluding hydrogens is 648 g/mol. The molecule has 1 unspecified atom stereocenters. The maximum Gasteiger partial charge on any atom is 0.272 e. The Morgan fingerprint density at radius 2 is 1.77 bits per heavy atom. The summed E-state index contributed by atoms with van der Waals surface area (Å²) in [6, 6.07) is 25.1. The Bertz CT molecular complexity index is 1870. The predicted molar refractivity (Wildman–Crippen MR) is 192 cm³/mol. The van der Waals surface area contributed by atoms with Crippen LogP contribution < -0.4 is 16.0 Å². The molecule has 0 bridgehead atoms. The van der Waals surface area contributed by atoms with Crippen LogP contribution in [0.4, 0.5) is 10.7 Å². The molecule has 1 aliphatic carbocycles. The summed E-state index contributed by atoms with van der Waals surface area (Å²) in [6.45, 7) is 6.76. The highest BCUT2D eigenvalue weighted by atomic mass is 35.5. The fraction of sp³-hybridized carbons (Fsp3) is 0.243. The fourth-order valence-electron chi connectivity index (χ4n) is 5.40. The minimum atomic E-state index is -0.534. The molecule has 0 spiro atoms. The van der Waals surface area contributed by atoms with Crippen LogP contribution in [0.2, 0.25) is 5.02 Å². The molecule has 0 saturated carbocycles. The highest BCUT2D eigenvalue weighted by Crippen LogP contribution is 2.44. The van der Waals surface area contributed by atoms with E-state index < -0.39 is 11.8 Å². The van der Waals surface area contributed by atoms with Gasteiger partial charge in [0.15, 0.2) is 0 Å². The third kappa shape index (κ3) is 8.72. The number of thioether (sulfide) groups is 1. The van der Waals surface area contributed by atoms with E-state index in [1.54, 1.807) is 72.8 Å². The average Bonchev–Trinajstić information content (AvgIpc) is 3.40. The molecule has 0 aliphatic heterocycles. The quantitative estimate of drug-likeness (QED) is 0.121. The summed E-state index contributed by atoms with van der Waals surface area (Å²) in [6.07, 6.45) is 4.34. The third-order valence-corrected chi connectivity index (χ3v) is 10.6. The van der Waals surface area contributed by atoms with Gasteiger partial charge < -0.3 is 16.0 Å². The van der Waals surface area contributed by atoms with Gasteiger partial charge >= 0.3 is 0 Å². The van der Waals surface area contributed by atoms with Gasteiger partial charge in [0.25, 0.3) is 11.8 Å². The van der Waals surface area contributed by atoms with Gasteiger partial charge in [0, 0.05) is 26.0 Å². The molecule has 10 heteroatoms. The summed E-state index contributed by atoms with van der Waals surface area (Å²) < 4.78 is 0. The van der Waals surface area contributed by atoms with E-state index in [9.17, 15) is 19.6 Å². The second kappa shape index (κ2) is 15.0. The number of rotatable bonds is 9. The van der Waals surface area contributed by atoms with Crippen molar-refractivity contribution in [3.05, 3.63) is 117 Å². The first kappa shape index (κ1) is 34.0. The Kier molecular flexibility index (Phi) is 10.9. The molecule has 47 heavy (non-hydrogen) atoms. The van der Waals surface area contributed by atoms with Crippen LogP contribution in [0.15, 0.2) is 89.5 Å². The molecule has 7 nitrogen and oxygen atoms in total. The van der Waals surface area contributed by atoms with Gasteiger partial charge in [0.2, 0.25) is 5.91 Å². The van der Waals surface area contributed by atoms with E-state index >= 15 is 0 Å². The standard InChI is InChI=1S/C37H35ClN4O3S2/c1-37(2,3)25-16-17-28-29(21-39)36(47-32(28)19-25)42-33(43)22-46-27-14-9-13-26(20-27)40-35(45)31(18-24-12-7-8-15-30(24)38)41-34(44)23-10-5-4-6-11-23/h4-15,18,20,25H,16-17,19,22H2,1-3H3,(H,40,45)(H,41,44)(H,42,43)/b31-18+. The van der Waals surface area contributed by atoms with Crippen molar-refractivity contribution in [2.75, 3.05) is 16.4 Å². The number of carbonyl (C=O) groups excluding carboxylic acids is 3. The summed E-state index contributed by atoms with van der Waals surface area (Å²) in [5.74, 6) is -0.515. The summed E-state index contributed by atoms with van der Waals surface area (Å²) in [7, 11) is 0. The molecule has 1 heterocycles. The summed E-state index contributed by atoms with van der Waals surface area (Å²) in [4.78, 5) is 41.4. The van der Waals surface area contributed by atoms with Crippen LogP contribution in [-0.4, -0.2) is 23.5 Å². The lowest BCUT2D eigenvalue weighted by atomic mass is 9.72. The Morgan fingerprint density at radius 1 is 1.02 bits per heavy atom. The molecule has 0 radical (unpaired) electrons. The van der Waals surface area contributed by atoms with Gasteiger partial charge in [-0.2, -0.15) is 5.26 Å². The molecular formula is C37H35ClN4O3S2. The zero-order valence-electron chi connectivity index (χ0n) is 26.4. The van der Waals surface area contributed by atoms with E-state index in [2.05, 4.69) is 42.8 Å². The van der Waals surface area contributed by atoms with Gasteiger partial charge in [-0.25, -0.2) is 0 Å². The highest BCUT2D eigenvalue weighted by Gasteiger charge is 2.32. The number of carbonyl (C=O) groups is 3. The average molecular weight is 683 g/mol. The minimum absolute atomic E-state index is 0.0187. The third-order valence-electron chi connectivity index (χ3n) is 8.05. The molecule has 0 saturated heterocycles. The van der Waals surface area contributed by atoms with Crippen molar-refractivity contribution in [3.63, 3.8) is 0 Å². The fourth-order valence-corrected chi connectivity index (χ4v) is 7.63. The number of nitrogens with one attached hydrogen (secondary N) is 3. The van der Waals surface area contributed by atoms with Crippen LogP contribution in [0.25, 0.3) is 6.08 Å². The zero-order chi connectivity index (χ0) is 33.6. The van der Waals surface area contributed by atoms with E-state index in [-0.39, 0.29) is 22.8 Å². The summed E-state index contributed by atoms with van der Waals surface area (Å²) in [5.41, 5.74) is 3.33. The normalized spacial score (nSPS) is 14.4. The molecule has 3 amide bonds. The first-order valence-corrected chi connectivity index (χ1v) is 17.4. The molecule has 3 N–H and O–H groups in total. The summed E-state index contributed by atoms with van der Waals surface area (Å²) in [5, 5.41) is 19.5. The van der Waals surface area contributed by atoms with Crippen molar-refractivity contribution in [1.29, 1.82) is 5.26 Å². The van der Waals surface area contributed by atoms with Crippen LogP contribution >= 0.6 is 34.7 Å². The van der Waals surface area contributed by atoms with Crippen molar-refractivity contribution in [3.8, 4) is 6.07 Å². The molecule has 5 rings (SSSR count). The number of hydrogen-bond donors (Lipinski definition) is 3. The summed E-state index contributed by atoms with van der Waals surface area (Å²) >= 11 is 9.18. The number of nitriles is 1. The van der Waals surface area contributed by atoms with Gasteiger partial charge in [0.1, 0.15) is 16.8 Å². The van der Waals surface area contributed by atoms with Crippen molar-refractivity contribution < 1.29 is 14.4 Å². The van der Waals surface area contributed by atoms with E-state index in [0.29, 0.717) is 38.3 Å². The van der Waals surface area contributed by atoms with E-state index in [0.717, 1.165) is 29.7 Å². The van der Waals surface area contributed by atoms with E-state index in [1.165, 1.54) is 34.1 Å². The van der Waals surface area contributed by atoms with Crippen LogP contribution in [0.5, 0.6) is 0 Å².